The van der Waals surface area contributed by atoms with Crippen molar-refractivity contribution in [1.29, 1.82) is 0 Å². The first-order valence-electron chi connectivity index (χ1n) is 6.03. The molecule has 0 spiro atoms. The number of imide groups is 1. The molecule has 2 rings (SSSR count). The Balaban J connectivity index is 2.03. The van der Waals surface area contributed by atoms with Crippen molar-refractivity contribution in [2.45, 2.75) is 31.8 Å². The van der Waals surface area contributed by atoms with E-state index in [1.165, 1.54) is 6.92 Å². The van der Waals surface area contributed by atoms with Gasteiger partial charge in [0.15, 0.2) is 0 Å². The van der Waals surface area contributed by atoms with Gasteiger partial charge in [0.2, 0.25) is 11.8 Å². The van der Waals surface area contributed by atoms with Crippen molar-refractivity contribution in [3.8, 4) is 0 Å². The van der Waals surface area contributed by atoms with Gasteiger partial charge < -0.3 is 15.3 Å². The third kappa shape index (κ3) is 2.83. The van der Waals surface area contributed by atoms with Gasteiger partial charge in [0.1, 0.15) is 18.6 Å². The van der Waals surface area contributed by atoms with Crippen molar-refractivity contribution in [1.82, 2.24) is 15.5 Å². The van der Waals surface area contributed by atoms with Crippen LogP contribution in [0.2, 0.25) is 0 Å². The molecule has 2 fully saturated rings. The van der Waals surface area contributed by atoms with Gasteiger partial charge in [0.25, 0.3) is 0 Å². The normalized spacial score (nSPS) is 24.7. The fourth-order valence-electron chi connectivity index (χ4n) is 1.99. The minimum Gasteiger partial charge on any atom is -0.480 e. The predicted molar refractivity (Wildman–Crippen MR) is 62.0 cm³/mol. The maximum absolute atomic E-state index is 12.0. The predicted octanol–water partition coefficient (Wildman–Crippen LogP) is -1.09. The molecule has 0 bridgehead atoms. The second kappa shape index (κ2) is 4.87. The largest absolute Gasteiger partial charge is 0.480 e. The van der Waals surface area contributed by atoms with Gasteiger partial charge in [-0.15, -0.1) is 0 Å². The fourth-order valence-corrected chi connectivity index (χ4v) is 1.99. The van der Waals surface area contributed by atoms with Crippen molar-refractivity contribution in [3.63, 3.8) is 0 Å². The molecule has 1 aliphatic carbocycles. The number of amides is 4. The first-order chi connectivity index (χ1) is 8.90. The van der Waals surface area contributed by atoms with Gasteiger partial charge in [-0.3, -0.25) is 14.9 Å². The van der Waals surface area contributed by atoms with E-state index in [2.05, 4.69) is 10.6 Å². The molecule has 4 amide bonds. The summed E-state index contributed by atoms with van der Waals surface area (Å²) in [6, 6.07) is -2.46. The Hall–Kier alpha value is -2.12. The van der Waals surface area contributed by atoms with Crippen LogP contribution >= 0.6 is 0 Å². The molecular formula is C11H15N3O5. The summed E-state index contributed by atoms with van der Waals surface area (Å²) < 4.78 is 0. The lowest BCUT2D eigenvalue weighted by molar-refractivity contribution is -0.139. The second-order valence-electron chi connectivity index (χ2n) is 4.82. The van der Waals surface area contributed by atoms with Crippen LogP contribution in [0, 0.1) is 5.92 Å². The maximum atomic E-state index is 12.0. The SMILES string of the molecule is CC1C(=O)NC(=O)CN1C(=O)NC(C(=O)O)C1CC1. The summed E-state index contributed by atoms with van der Waals surface area (Å²) in [6.45, 7) is 1.23. The van der Waals surface area contributed by atoms with Crippen LogP contribution < -0.4 is 10.6 Å². The van der Waals surface area contributed by atoms with E-state index in [1.54, 1.807) is 0 Å². The average molecular weight is 269 g/mol. The summed E-state index contributed by atoms with van der Waals surface area (Å²) in [5, 5.41) is 13.5. The van der Waals surface area contributed by atoms with Crippen LogP contribution in [0.5, 0.6) is 0 Å². The molecule has 2 atom stereocenters. The molecule has 104 valence electrons. The summed E-state index contributed by atoms with van der Waals surface area (Å²) in [6.07, 6.45) is 1.51. The monoisotopic (exact) mass is 269 g/mol. The number of carboxylic acids is 1. The van der Waals surface area contributed by atoms with Crippen molar-refractivity contribution in [2.24, 2.45) is 5.92 Å². The zero-order valence-corrected chi connectivity index (χ0v) is 10.4. The zero-order valence-electron chi connectivity index (χ0n) is 10.4. The van der Waals surface area contributed by atoms with E-state index in [1.807, 2.05) is 0 Å². The molecule has 1 saturated carbocycles. The van der Waals surface area contributed by atoms with E-state index in [-0.39, 0.29) is 12.5 Å². The first-order valence-corrected chi connectivity index (χ1v) is 6.03. The highest BCUT2D eigenvalue weighted by Crippen LogP contribution is 2.32. The Morgan fingerprint density at radius 2 is 2.05 bits per heavy atom. The summed E-state index contributed by atoms with van der Waals surface area (Å²) in [5.74, 6) is -2.30. The number of hydrogen-bond donors (Lipinski definition) is 3. The molecule has 2 unspecified atom stereocenters. The molecule has 1 saturated heterocycles. The van der Waals surface area contributed by atoms with Crippen LogP contribution in [0.15, 0.2) is 0 Å². The number of hydrogen-bond acceptors (Lipinski definition) is 4. The van der Waals surface area contributed by atoms with E-state index in [0.29, 0.717) is 0 Å². The molecule has 3 N–H and O–H groups in total. The standard InChI is InChI=1S/C11H15N3O5/c1-5-9(16)12-7(15)4-14(5)11(19)13-8(10(17)18)6-2-3-6/h5-6,8H,2-4H2,1H3,(H,13,19)(H,17,18)(H,12,15,16). The maximum Gasteiger partial charge on any atom is 0.326 e. The minimum atomic E-state index is -1.10. The molecule has 1 aliphatic heterocycles. The van der Waals surface area contributed by atoms with E-state index in [4.69, 9.17) is 5.11 Å². The lowest BCUT2D eigenvalue weighted by Gasteiger charge is -2.32. The fraction of sp³-hybridized carbons (Fsp3) is 0.636. The summed E-state index contributed by atoms with van der Waals surface area (Å²) in [4.78, 5) is 46.7. The Bertz CT molecular complexity index is 446. The summed E-state index contributed by atoms with van der Waals surface area (Å²) in [7, 11) is 0. The molecular weight excluding hydrogens is 254 g/mol. The van der Waals surface area contributed by atoms with Gasteiger partial charge in [0, 0.05) is 0 Å². The van der Waals surface area contributed by atoms with Gasteiger partial charge in [-0.25, -0.2) is 9.59 Å². The van der Waals surface area contributed by atoms with Crippen molar-refractivity contribution >= 4 is 23.8 Å². The lowest BCUT2D eigenvalue weighted by Crippen LogP contribution is -2.62. The number of rotatable bonds is 3. The summed E-state index contributed by atoms with van der Waals surface area (Å²) >= 11 is 0. The number of aliphatic carboxylic acids is 1. The third-order valence-corrected chi connectivity index (χ3v) is 3.32. The molecule has 19 heavy (non-hydrogen) atoms. The van der Waals surface area contributed by atoms with Crippen LogP contribution in [0.1, 0.15) is 19.8 Å². The highest BCUT2D eigenvalue weighted by atomic mass is 16.4. The van der Waals surface area contributed by atoms with Gasteiger partial charge >= 0.3 is 12.0 Å². The van der Waals surface area contributed by atoms with Crippen LogP contribution in [0.25, 0.3) is 0 Å². The first kappa shape index (κ1) is 13.3. The number of carboxylic acid groups (broad SMARTS) is 1. The molecule has 0 aromatic rings. The highest BCUT2D eigenvalue weighted by Gasteiger charge is 2.40. The third-order valence-electron chi connectivity index (χ3n) is 3.32. The van der Waals surface area contributed by atoms with Gasteiger partial charge in [-0.1, -0.05) is 0 Å². The Kier molecular flexibility index (Phi) is 3.41. The van der Waals surface area contributed by atoms with Crippen LogP contribution in [0.4, 0.5) is 4.79 Å². The Morgan fingerprint density at radius 1 is 1.42 bits per heavy atom. The van der Waals surface area contributed by atoms with Crippen molar-refractivity contribution in [2.75, 3.05) is 6.54 Å². The van der Waals surface area contributed by atoms with Crippen molar-refractivity contribution in [3.05, 3.63) is 0 Å². The topological polar surface area (TPSA) is 116 Å². The molecule has 2 aliphatic rings. The number of urea groups is 1. The van der Waals surface area contributed by atoms with Crippen LogP contribution in [-0.4, -0.2) is 52.4 Å². The molecule has 8 heteroatoms. The highest BCUT2D eigenvalue weighted by molar-refractivity contribution is 6.04. The average Bonchev–Trinajstić information content (AvgIpc) is 3.14. The van der Waals surface area contributed by atoms with Gasteiger partial charge in [0.05, 0.1) is 0 Å². The lowest BCUT2D eigenvalue weighted by atomic mass is 10.2. The number of nitrogens with zero attached hydrogens (tertiary/aromatic N) is 1. The van der Waals surface area contributed by atoms with E-state index in [0.717, 1.165) is 17.7 Å². The molecule has 8 nitrogen and oxygen atoms in total. The molecule has 0 aromatic carbocycles. The Labute approximate surface area is 109 Å². The minimum absolute atomic E-state index is 0.0638. The zero-order chi connectivity index (χ0) is 14.2. The smallest absolute Gasteiger partial charge is 0.326 e. The number of nitrogens with one attached hydrogen (secondary N) is 2. The molecule has 0 radical (unpaired) electrons. The van der Waals surface area contributed by atoms with Gasteiger partial charge in [-0.2, -0.15) is 0 Å². The number of carbonyl (C=O) groups excluding carboxylic acids is 3. The van der Waals surface area contributed by atoms with E-state index < -0.39 is 35.9 Å². The number of carbonyl (C=O) groups is 4. The van der Waals surface area contributed by atoms with Crippen molar-refractivity contribution < 1.29 is 24.3 Å². The van der Waals surface area contributed by atoms with E-state index >= 15 is 0 Å². The van der Waals surface area contributed by atoms with Crippen LogP contribution in [0.3, 0.4) is 0 Å². The molecule has 0 aromatic heterocycles. The Morgan fingerprint density at radius 3 is 2.58 bits per heavy atom. The van der Waals surface area contributed by atoms with Gasteiger partial charge in [-0.05, 0) is 25.7 Å². The number of piperazine rings is 1. The second-order valence-corrected chi connectivity index (χ2v) is 4.82. The summed E-state index contributed by atoms with van der Waals surface area (Å²) in [5.41, 5.74) is 0. The molecule has 1 heterocycles. The quantitative estimate of drug-likeness (QED) is 0.563. The van der Waals surface area contributed by atoms with Crippen LogP contribution in [-0.2, 0) is 14.4 Å². The van der Waals surface area contributed by atoms with E-state index in [9.17, 15) is 19.2 Å².